The number of aromatic nitrogens is 2. The molecule has 2 aromatic heterocycles. The summed E-state index contributed by atoms with van der Waals surface area (Å²) in [5.41, 5.74) is 8.91. The molecule has 6 rings (SSSR count). The molecule has 0 unspecified atom stereocenters. The Hall–Kier alpha value is -4.71. The minimum absolute atomic E-state index is 0.688. The van der Waals surface area contributed by atoms with E-state index in [0.29, 0.717) is 18.6 Å². The van der Waals surface area contributed by atoms with Gasteiger partial charge in [0.15, 0.2) is 5.76 Å². The van der Waals surface area contributed by atoms with Crippen molar-refractivity contribution in [2.24, 2.45) is 0 Å². The van der Waals surface area contributed by atoms with Crippen LogP contribution in [0.15, 0.2) is 95.8 Å². The van der Waals surface area contributed by atoms with Gasteiger partial charge in [-0.3, -0.25) is 9.78 Å². The van der Waals surface area contributed by atoms with E-state index in [0.717, 1.165) is 50.4 Å². The van der Waals surface area contributed by atoms with Crippen molar-refractivity contribution in [1.82, 2.24) is 10.1 Å². The van der Waals surface area contributed by atoms with Crippen molar-refractivity contribution in [3.8, 4) is 33.5 Å². The van der Waals surface area contributed by atoms with Crippen LogP contribution in [0.4, 0.5) is 11.4 Å². The van der Waals surface area contributed by atoms with E-state index in [9.17, 15) is 9.90 Å². The lowest BCUT2D eigenvalue weighted by atomic mass is 9.93. The van der Waals surface area contributed by atoms with Gasteiger partial charge in [-0.1, -0.05) is 83.5 Å². The molecule has 3 aromatic carbocycles. The Bertz CT molecular complexity index is 1630. The minimum atomic E-state index is -0.736. The Labute approximate surface area is 221 Å². The molecule has 1 aliphatic carbocycles. The number of pyridine rings is 1. The third-order valence-corrected chi connectivity index (χ3v) is 7.31. The molecule has 6 nitrogen and oxygen atoms in total. The highest BCUT2D eigenvalue weighted by molar-refractivity contribution is 5.85. The highest BCUT2D eigenvalue weighted by atomic mass is 16.5. The number of aliphatic carboxylic acids is 1. The zero-order valence-electron chi connectivity index (χ0n) is 21.2. The fourth-order valence-corrected chi connectivity index (χ4v) is 4.90. The Balaban J connectivity index is 1.24. The van der Waals surface area contributed by atoms with Crippen LogP contribution < -0.4 is 5.32 Å². The van der Waals surface area contributed by atoms with Crippen LogP contribution in [0.5, 0.6) is 0 Å². The van der Waals surface area contributed by atoms with Crippen molar-refractivity contribution in [2.45, 2.75) is 32.1 Å². The van der Waals surface area contributed by atoms with E-state index < -0.39 is 11.4 Å². The summed E-state index contributed by atoms with van der Waals surface area (Å²) in [5, 5.41) is 17.3. The second kappa shape index (κ2) is 9.30. The first-order valence-corrected chi connectivity index (χ1v) is 12.6. The molecular formula is C32H27N3O3. The SMILES string of the molecule is Cc1cccc(-c2cncc(Nc3c(-c4ccc(-c5ccc(C6(C(=O)O)CC6)cc5)cc4)noc3C)c2)c1. The maximum absolute atomic E-state index is 11.6. The predicted molar refractivity (Wildman–Crippen MR) is 148 cm³/mol. The smallest absolute Gasteiger partial charge is 0.314 e. The standard InChI is InChI=1S/C32H27N3O3/c1-20-4-3-5-25(16-20)26-17-28(19-33-18-26)34-29-21(2)38-35-30(29)24-8-6-22(7-9-24)23-10-12-27(13-11-23)32(14-15-32)31(36)37/h3-13,16-19,34H,14-15H2,1-2H3,(H,36,37). The van der Waals surface area contributed by atoms with Crippen LogP contribution in [0.25, 0.3) is 33.5 Å². The fourth-order valence-electron chi connectivity index (χ4n) is 4.90. The summed E-state index contributed by atoms with van der Waals surface area (Å²) >= 11 is 0. The molecule has 6 heteroatoms. The molecule has 0 radical (unpaired) electrons. The average molecular weight is 502 g/mol. The molecule has 0 aliphatic heterocycles. The monoisotopic (exact) mass is 501 g/mol. The second-order valence-electron chi connectivity index (χ2n) is 9.96. The van der Waals surface area contributed by atoms with Crippen molar-refractivity contribution in [3.05, 3.63) is 108 Å². The average Bonchev–Trinajstić information content (AvgIpc) is 3.68. The summed E-state index contributed by atoms with van der Waals surface area (Å²) in [6, 6.07) is 26.4. The lowest BCUT2D eigenvalue weighted by Crippen LogP contribution is -2.19. The summed E-state index contributed by atoms with van der Waals surface area (Å²) in [6.45, 7) is 3.96. The zero-order valence-corrected chi connectivity index (χ0v) is 21.2. The molecule has 0 amide bonds. The van der Waals surface area contributed by atoms with Gasteiger partial charge in [0.05, 0.1) is 17.3 Å². The summed E-state index contributed by atoms with van der Waals surface area (Å²) in [7, 11) is 0. The predicted octanol–water partition coefficient (Wildman–Crippen LogP) is 7.55. The number of nitrogens with one attached hydrogen (secondary N) is 1. The molecule has 5 aromatic rings. The molecule has 0 bridgehead atoms. The Morgan fingerprint density at radius 3 is 2.18 bits per heavy atom. The summed E-state index contributed by atoms with van der Waals surface area (Å²) in [6.07, 6.45) is 5.06. The first-order chi connectivity index (χ1) is 18.4. The quantitative estimate of drug-likeness (QED) is 0.239. The number of carboxylic acids is 1. The van der Waals surface area contributed by atoms with Crippen molar-refractivity contribution < 1.29 is 14.4 Å². The fraction of sp³-hybridized carbons (Fsp3) is 0.156. The molecule has 0 saturated heterocycles. The van der Waals surface area contributed by atoms with Crippen molar-refractivity contribution in [2.75, 3.05) is 5.32 Å². The number of carboxylic acid groups (broad SMARTS) is 1. The van der Waals surface area contributed by atoms with Gasteiger partial charge in [0, 0.05) is 17.3 Å². The topological polar surface area (TPSA) is 88.2 Å². The third-order valence-electron chi connectivity index (χ3n) is 7.31. The van der Waals surface area contributed by atoms with E-state index in [2.05, 4.69) is 46.6 Å². The van der Waals surface area contributed by atoms with E-state index in [1.54, 1.807) is 6.20 Å². The van der Waals surface area contributed by atoms with Gasteiger partial charge in [-0.15, -0.1) is 0 Å². The molecule has 2 N–H and O–H groups in total. The van der Waals surface area contributed by atoms with Gasteiger partial charge in [0.2, 0.25) is 0 Å². The first-order valence-electron chi connectivity index (χ1n) is 12.6. The first kappa shape index (κ1) is 23.7. The molecule has 1 saturated carbocycles. The number of rotatable bonds is 7. The van der Waals surface area contributed by atoms with E-state index >= 15 is 0 Å². The normalized spacial score (nSPS) is 13.7. The van der Waals surface area contributed by atoms with Gasteiger partial charge in [-0.2, -0.15) is 0 Å². The molecule has 38 heavy (non-hydrogen) atoms. The number of nitrogens with zero attached hydrogens (tertiary/aromatic N) is 2. The number of hydrogen-bond acceptors (Lipinski definition) is 5. The Morgan fingerprint density at radius 1 is 0.842 bits per heavy atom. The molecule has 0 spiro atoms. The number of carbonyl (C=O) groups is 1. The van der Waals surface area contributed by atoms with Crippen LogP contribution in [0.2, 0.25) is 0 Å². The zero-order chi connectivity index (χ0) is 26.3. The van der Waals surface area contributed by atoms with E-state index in [1.165, 1.54) is 5.56 Å². The van der Waals surface area contributed by atoms with Crippen LogP contribution in [0, 0.1) is 13.8 Å². The highest BCUT2D eigenvalue weighted by Crippen LogP contribution is 2.48. The summed E-state index contributed by atoms with van der Waals surface area (Å²) in [5.74, 6) is -0.0485. The van der Waals surface area contributed by atoms with Crippen LogP contribution in [0.1, 0.15) is 29.7 Å². The van der Waals surface area contributed by atoms with E-state index in [4.69, 9.17) is 4.52 Å². The van der Waals surface area contributed by atoms with E-state index in [1.807, 2.05) is 67.7 Å². The second-order valence-corrected chi connectivity index (χ2v) is 9.96. The Morgan fingerprint density at radius 2 is 1.53 bits per heavy atom. The van der Waals surface area contributed by atoms with Gasteiger partial charge in [-0.05, 0) is 55.0 Å². The van der Waals surface area contributed by atoms with Gasteiger partial charge >= 0.3 is 5.97 Å². The molecule has 2 heterocycles. The molecule has 1 fully saturated rings. The van der Waals surface area contributed by atoms with Gasteiger partial charge in [0.1, 0.15) is 11.4 Å². The maximum atomic E-state index is 11.6. The lowest BCUT2D eigenvalue weighted by Gasteiger charge is -2.11. The Kier molecular flexibility index (Phi) is 5.80. The number of aryl methyl sites for hydroxylation is 2. The maximum Gasteiger partial charge on any atom is 0.314 e. The van der Waals surface area contributed by atoms with Gasteiger partial charge in [-0.25, -0.2) is 0 Å². The summed E-state index contributed by atoms with van der Waals surface area (Å²) in [4.78, 5) is 16.1. The lowest BCUT2D eigenvalue weighted by molar-refractivity contribution is -0.140. The number of hydrogen-bond donors (Lipinski definition) is 2. The largest absolute Gasteiger partial charge is 0.481 e. The van der Waals surface area contributed by atoms with Crippen molar-refractivity contribution in [1.29, 1.82) is 0 Å². The van der Waals surface area contributed by atoms with E-state index in [-0.39, 0.29) is 0 Å². The summed E-state index contributed by atoms with van der Waals surface area (Å²) < 4.78 is 5.56. The van der Waals surface area contributed by atoms with Crippen molar-refractivity contribution in [3.63, 3.8) is 0 Å². The molecular weight excluding hydrogens is 474 g/mol. The van der Waals surface area contributed by atoms with Crippen LogP contribution >= 0.6 is 0 Å². The van der Waals surface area contributed by atoms with Crippen molar-refractivity contribution >= 4 is 17.3 Å². The molecule has 188 valence electrons. The molecule has 1 aliphatic rings. The minimum Gasteiger partial charge on any atom is -0.481 e. The van der Waals surface area contributed by atoms with Crippen LogP contribution in [-0.4, -0.2) is 21.2 Å². The molecule has 0 atom stereocenters. The number of anilines is 2. The number of benzene rings is 3. The van der Waals surface area contributed by atoms with Gasteiger partial charge in [0.25, 0.3) is 0 Å². The van der Waals surface area contributed by atoms with Crippen LogP contribution in [0.3, 0.4) is 0 Å². The highest BCUT2D eigenvalue weighted by Gasteiger charge is 2.51. The van der Waals surface area contributed by atoms with Crippen LogP contribution in [-0.2, 0) is 10.2 Å². The van der Waals surface area contributed by atoms with Gasteiger partial charge < -0.3 is 14.9 Å². The third kappa shape index (κ3) is 4.34.